The number of rotatable bonds is 4. The van der Waals surface area contributed by atoms with E-state index in [4.69, 9.17) is 9.84 Å². The van der Waals surface area contributed by atoms with Crippen molar-refractivity contribution in [2.75, 3.05) is 0 Å². The molecule has 0 aliphatic heterocycles. The zero-order valence-corrected chi connectivity index (χ0v) is 10.7. The van der Waals surface area contributed by atoms with Gasteiger partial charge in [0.2, 0.25) is 0 Å². The highest BCUT2D eigenvalue weighted by atomic mass is 19.2. The highest BCUT2D eigenvalue weighted by molar-refractivity contribution is 5.91. The molecule has 2 aromatic rings. The number of carbonyl (C=O) groups is 1. The summed E-state index contributed by atoms with van der Waals surface area (Å²) in [5, 5.41) is 9.08. The van der Waals surface area contributed by atoms with Crippen LogP contribution in [0.15, 0.2) is 36.4 Å². The lowest BCUT2D eigenvalue weighted by atomic mass is 10.1. The predicted octanol–water partition coefficient (Wildman–Crippen LogP) is 3.55. The van der Waals surface area contributed by atoms with Crippen molar-refractivity contribution in [1.29, 1.82) is 0 Å². The Hall–Kier alpha value is -2.43. The van der Waals surface area contributed by atoms with Gasteiger partial charge in [0.1, 0.15) is 17.9 Å². The summed E-state index contributed by atoms with van der Waals surface area (Å²) in [7, 11) is 0. The van der Waals surface area contributed by atoms with E-state index in [-0.39, 0.29) is 17.9 Å². The molecule has 0 fully saturated rings. The van der Waals surface area contributed by atoms with Crippen molar-refractivity contribution in [3.63, 3.8) is 0 Å². The quantitative estimate of drug-likeness (QED) is 0.930. The Balaban J connectivity index is 2.18. The number of benzene rings is 2. The molecule has 0 bridgehead atoms. The number of ether oxygens (including phenoxy) is 1. The van der Waals surface area contributed by atoms with Crippen LogP contribution in [-0.4, -0.2) is 11.1 Å². The Kier molecular flexibility index (Phi) is 3.98. The minimum absolute atomic E-state index is 0.0348. The molecule has 0 aliphatic carbocycles. The number of carboxylic acid groups (broad SMARTS) is 1. The van der Waals surface area contributed by atoms with Crippen LogP contribution in [0.1, 0.15) is 21.5 Å². The second-order valence-electron chi connectivity index (χ2n) is 4.34. The van der Waals surface area contributed by atoms with Crippen LogP contribution in [0.2, 0.25) is 0 Å². The van der Waals surface area contributed by atoms with E-state index >= 15 is 0 Å². The minimum atomic E-state index is -1.10. The summed E-state index contributed by atoms with van der Waals surface area (Å²) < 4.78 is 31.2. The maximum atomic E-state index is 13.0. The molecule has 0 aliphatic rings. The molecule has 104 valence electrons. The van der Waals surface area contributed by atoms with Crippen LogP contribution in [0.5, 0.6) is 5.75 Å². The monoisotopic (exact) mass is 278 g/mol. The van der Waals surface area contributed by atoms with E-state index in [9.17, 15) is 13.6 Å². The van der Waals surface area contributed by atoms with Crippen molar-refractivity contribution in [1.82, 2.24) is 0 Å². The molecule has 0 radical (unpaired) electrons. The Bertz CT molecular complexity index is 654. The lowest BCUT2D eigenvalue weighted by Crippen LogP contribution is -2.04. The van der Waals surface area contributed by atoms with Crippen molar-refractivity contribution >= 4 is 5.97 Å². The van der Waals surface area contributed by atoms with Gasteiger partial charge in [0.05, 0.1) is 0 Å². The smallest absolute Gasteiger partial charge is 0.339 e. The van der Waals surface area contributed by atoms with Crippen LogP contribution >= 0.6 is 0 Å². The molecule has 0 aromatic heterocycles. The number of carboxylic acids is 1. The third-order valence-corrected chi connectivity index (χ3v) is 2.74. The Morgan fingerprint density at radius 3 is 2.55 bits per heavy atom. The molecule has 0 unspecified atom stereocenters. The first kappa shape index (κ1) is 14.0. The van der Waals surface area contributed by atoms with Gasteiger partial charge in [0.25, 0.3) is 0 Å². The first-order valence-corrected chi connectivity index (χ1v) is 5.88. The summed E-state index contributed by atoms with van der Waals surface area (Å²) in [5.41, 5.74) is 1.25. The summed E-state index contributed by atoms with van der Waals surface area (Å²) >= 11 is 0. The molecule has 2 aromatic carbocycles. The van der Waals surface area contributed by atoms with Gasteiger partial charge < -0.3 is 9.84 Å². The van der Waals surface area contributed by atoms with Crippen LogP contribution in [0.25, 0.3) is 0 Å². The van der Waals surface area contributed by atoms with Gasteiger partial charge in [-0.15, -0.1) is 0 Å². The van der Waals surface area contributed by atoms with Gasteiger partial charge in [-0.25, -0.2) is 13.6 Å². The fourth-order valence-electron chi connectivity index (χ4n) is 1.73. The number of aryl methyl sites for hydroxylation is 1. The van der Waals surface area contributed by atoms with E-state index < -0.39 is 17.6 Å². The summed E-state index contributed by atoms with van der Waals surface area (Å²) in [5.74, 6) is -2.81. The number of halogens is 2. The average Bonchev–Trinajstić information content (AvgIpc) is 2.41. The Morgan fingerprint density at radius 1 is 1.15 bits per heavy atom. The van der Waals surface area contributed by atoms with Crippen LogP contribution in [0, 0.1) is 18.6 Å². The second kappa shape index (κ2) is 5.69. The molecule has 5 heteroatoms. The molecule has 0 saturated carbocycles. The molecule has 0 heterocycles. The topological polar surface area (TPSA) is 46.5 Å². The normalized spacial score (nSPS) is 10.3. The molecule has 1 N–H and O–H groups in total. The first-order chi connectivity index (χ1) is 9.47. The summed E-state index contributed by atoms with van der Waals surface area (Å²) in [6, 6.07) is 8.15. The van der Waals surface area contributed by atoms with Crippen molar-refractivity contribution < 1.29 is 23.4 Å². The van der Waals surface area contributed by atoms with Gasteiger partial charge >= 0.3 is 5.97 Å². The van der Waals surface area contributed by atoms with E-state index in [1.54, 1.807) is 19.1 Å². The molecular formula is C15H12F2O3. The van der Waals surface area contributed by atoms with Crippen molar-refractivity contribution in [2.45, 2.75) is 13.5 Å². The van der Waals surface area contributed by atoms with Gasteiger partial charge in [-0.3, -0.25) is 0 Å². The third-order valence-electron chi connectivity index (χ3n) is 2.74. The SMILES string of the molecule is Cc1ccc(OCc2ccc(F)c(F)c2)c(C(=O)O)c1. The summed E-state index contributed by atoms with van der Waals surface area (Å²) in [6.45, 7) is 1.73. The van der Waals surface area contributed by atoms with Gasteiger partial charge in [0.15, 0.2) is 11.6 Å². The number of hydrogen-bond acceptors (Lipinski definition) is 2. The maximum absolute atomic E-state index is 13.0. The van der Waals surface area contributed by atoms with Crippen LogP contribution in [-0.2, 0) is 6.61 Å². The van der Waals surface area contributed by atoms with E-state index in [1.807, 2.05) is 0 Å². The lowest BCUT2D eigenvalue weighted by molar-refractivity contribution is 0.0691. The van der Waals surface area contributed by atoms with Gasteiger partial charge in [-0.1, -0.05) is 17.7 Å². The highest BCUT2D eigenvalue weighted by Gasteiger charge is 2.12. The van der Waals surface area contributed by atoms with E-state index in [0.717, 1.165) is 17.7 Å². The second-order valence-corrected chi connectivity index (χ2v) is 4.34. The van der Waals surface area contributed by atoms with Crippen molar-refractivity contribution in [3.05, 3.63) is 64.7 Å². The molecule has 0 saturated heterocycles. The number of hydrogen-bond donors (Lipinski definition) is 1. The van der Waals surface area contributed by atoms with Crippen LogP contribution in [0.4, 0.5) is 8.78 Å². The van der Waals surface area contributed by atoms with E-state index in [2.05, 4.69) is 0 Å². The molecule has 0 amide bonds. The molecule has 0 spiro atoms. The van der Waals surface area contributed by atoms with Crippen molar-refractivity contribution in [3.8, 4) is 5.75 Å². The standard InChI is InChI=1S/C15H12F2O3/c1-9-2-5-14(11(6-9)15(18)19)20-8-10-3-4-12(16)13(17)7-10/h2-7H,8H2,1H3,(H,18,19). The molecule has 0 atom stereocenters. The molecule has 20 heavy (non-hydrogen) atoms. The summed E-state index contributed by atoms with van der Waals surface area (Å²) in [6.07, 6.45) is 0. The summed E-state index contributed by atoms with van der Waals surface area (Å²) in [4.78, 5) is 11.1. The Labute approximate surface area is 114 Å². The van der Waals surface area contributed by atoms with E-state index in [1.165, 1.54) is 12.1 Å². The highest BCUT2D eigenvalue weighted by Crippen LogP contribution is 2.21. The molecular weight excluding hydrogens is 266 g/mol. The predicted molar refractivity (Wildman–Crippen MR) is 68.8 cm³/mol. The molecule has 2 rings (SSSR count). The van der Waals surface area contributed by atoms with Gasteiger partial charge in [0, 0.05) is 0 Å². The zero-order valence-electron chi connectivity index (χ0n) is 10.7. The van der Waals surface area contributed by atoms with Crippen LogP contribution in [0.3, 0.4) is 0 Å². The first-order valence-electron chi connectivity index (χ1n) is 5.88. The Morgan fingerprint density at radius 2 is 1.90 bits per heavy atom. The van der Waals surface area contributed by atoms with Gasteiger partial charge in [-0.2, -0.15) is 0 Å². The molecule has 3 nitrogen and oxygen atoms in total. The van der Waals surface area contributed by atoms with E-state index in [0.29, 0.717) is 5.56 Å². The fourth-order valence-corrected chi connectivity index (χ4v) is 1.73. The maximum Gasteiger partial charge on any atom is 0.339 e. The zero-order chi connectivity index (χ0) is 14.7. The minimum Gasteiger partial charge on any atom is -0.488 e. The van der Waals surface area contributed by atoms with Crippen molar-refractivity contribution in [2.24, 2.45) is 0 Å². The van der Waals surface area contributed by atoms with Gasteiger partial charge in [-0.05, 0) is 36.8 Å². The number of aromatic carboxylic acids is 1. The average molecular weight is 278 g/mol. The fraction of sp³-hybridized carbons (Fsp3) is 0.133. The lowest BCUT2D eigenvalue weighted by Gasteiger charge is -2.10. The largest absolute Gasteiger partial charge is 0.488 e. The third kappa shape index (κ3) is 3.12. The van der Waals surface area contributed by atoms with Crippen LogP contribution < -0.4 is 4.74 Å².